The molecule has 0 aromatic rings. The first-order valence-electron chi connectivity index (χ1n) is 6.43. The summed E-state index contributed by atoms with van der Waals surface area (Å²) in [4.78, 5) is 11.3. The van der Waals surface area contributed by atoms with Gasteiger partial charge in [-0.15, -0.1) is 0 Å². The molecule has 2 saturated carbocycles. The third kappa shape index (κ3) is 3.41. The van der Waals surface area contributed by atoms with Crippen molar-refractivity contribution in [1.82, 2.24) is 0 Å². The number of hydrogen-bond acceptors (Lipinski definition) is 3. The summed E-state index contributed by atoms with van der Waals surface area (Å²) >= 11 is 2.11. The molecule has 2 aliphatic carbocycles. The van der Waals surface area contributed by atoms with E-state index in [0.717, 1.165) is 5.25 Å². The molecule has 0 aromatic heterocycles. The van der Waals surface area contributed by atoms with E-state index in [4.69, 9.17) is 4.74 Å². The van der Waals surface area contributed by atoms with Crippen LogP contribution in [0, 0.1) is 5.41 Å². The smallest absolute Gasteiger partial charge is 0.306 e. The first-order valence-corrected chi connectivity index (χ1v) is 7.47. The molecule has 2 fully saturated rings. The Labute approximate surface area is 103 Å². The number of esters is 1. The van der Waals surface area contributed by atoms with E-state index >= 15 is 0 Å². The second-order valence-electron chi connectivity index (χ2n) is 5.32. The molecule has 2 nitrogen and oxygen atoms in total. The lowest BCUT2D eigenvalue weighted by Gasteiger charge is -2.23. The van der Waals surface area contributed by atoms with Gasteiger partial charge >= 0.3 is 5.97 Å². The lowest BCUT2D eigenvalue weighted by atomic mass is 10.0. The Morgan fingerprint density at radius 1 is 1.31 bits per heavy atom. The molecule has 0 amide bonds. The average Bonchev–Trinajstić information content (AvgIpc) is 3.08. The molecule has 0 radical (unpaired) electrons. The second kappa shape index (κ2) is 5.44. The number of thioether (sulfide) groups is 1. The summed E-state index contributed by atoms with van der Waals surface area (Å²) in [5.74, 6) is 1.15. The van der Waals surface area contributed by atoms with Gasteiger partial charge in [0.25, 0.3) is 0 Å². The predicted molar refractivity (Wildman–Crippen MR) is 67.6 cm³/mol. The maximum absolute atomic E-state index is 11.3. The lowest BCUT2D eigenvalue weighted by Crippen LogP contribution is -2.16. The monoisotopic (exact) mass is 242 g/mol. The lowest BCUT2D eigenvalue weighted by molar-refractivity contribution is -0.141. The van der Waals surface area contributed by atoms with Crippen molar-refractivity contribution in [3.05, 3.63) is 0 Å². The number of methoxy groups -OCH3 is 1. The normalized spacial score (nSPS) is 24.1. The summed E-state index contributed by atoms with van der Waals surface area (Å²) in [6, 6.07) is 0. The van der Waals surface area contributed by atoms with E-state index in [2.05, 4.69) is 11.8 Å². The maximum atomic E-state index is 11.3. The van der Waals surface area contributed by atoms with Crippen LogP contribution in [-0.2, 0) is 9.53 Å². The van der Waals surface area contributed by atoms with Crippen LogP contribution in [0.3, 0.4) is 0 Å². The zero-order chi connectivity index (χ0) is 11.4. The van der Waals surface area contributed by atoms with Crippen LogP contribution in [-0.4, -0.2) is 24.1 Å². The van der Waals surface area contributed by atoms with Gasteiger partial charge in [-0.1, -0.05) is 19.3 Å². The zero-order valence-electron chi connectivity index (χ0n) is 10.2. The van der Waals surface area contributed by atoms with E-state index in [1.807, 2.05) is 0 Å². The summed E-state index contributed by atoms with van der Waals surface area (Å²) in [5.41, 5.74) is 0.315. The fraction of sp³-hybridized carbons (Fsp3) is 0.923. The number of carbonyl (C=O) groups excluding carboxylic acids is 1. The molecule has 0 saturated heterocycles. The van der Waals surface area contributed by atoms with Gasteiger partial charge in [-0.2, -0.15) is 11.8 Å². The Morgan fingerprint density at radius 3 is 2.56 bits per heavy atom. The fourth-order valence-corrected chi connectivity index (χ4v) is 4.10. The van der Waals surface area contributed by atoms with E-state index in [0.29, 0.717) is 11.8 Å². The zero-order valence-corrected chi connectivity index (χ0v) is 11.0. The molecule has 0 aliphatic heterocycles. The molecule has 0 aromatic carbocycles. The van der Waals surface area contributed by atoms with E-state index in [1.165, 1.54) is 57.8 Å². The van der Waals surface area contributed by atoms with Gasteiger partial charge < -0.3 is 4.74 Å². The van der Waals surface area contributed by atoms with Gasteiger partial charge in [0.2, 0.25) is 0 Å². The Morgan fingerprint density at radius 2 is 2.00 bits per heavy atom. The van der Waals surface area contributed by atoms with E-state index in [9.17, 15) is 4.79 Å². The highest BCUT2D eigenvalue weighted by molar-refractivity contribution is 7.99. The van der Waals surface area contributed by atoms with Crippen LogP contribution >= 0.6 is 11.8 Å². The largest absolute Gasteiger partial charge is 0.469 e. The summed E-state index contributed by atoms with van der Waals surface area (Å²) in [6.07, 6.45) is 10.1. The summed E-state index contributed by atoms with van der Waals surface area (Å²) in [5, 5.41) is 0.865. The van der Waals surface area contributed by atoms with E-state index in [-0.39, 0.29) is 5.97 Å². The van der Waals surface area contributed by atoms with Crippen LogP contribution in [0.4, 0.5) is 0 Å². The third-order valence-corrected chi connectivity index (χ3v) is 5.60. The minimum atomic E-state index is -0.0262. The molecule has 0 N–H and O–H groups in total. The van der Waals surface area contributed by atoms with Gasteiger partial charge in [-0.25, -0.2) is 0 Å². The fourth-order valence-electron chi connectivity index (χ4n) is 2.45. The summed E-state index contributed by atoms with van der Waals surface area (Å²) in [6.45, 7) is 0. The van der Waals surface area contributed by atoms with Gasteiger partial charge in [-0.05, 0) is 36.9 Å². The van der Waals surface area contributed by atoms with Crippen LogP contribution in [0.1, 0.15) is 51.4 Å². The van der Waals surface area contributed by atoms with Crippen molar-refractivity contribution in [1.29, 1.82) is 0 Å². The van der Waals surface area contributed by atoms with Gasteiger partial charge in [0, 0.05) is 5.25 Å². The molecule has 92 valence electrons. The SMILES string of the molecule is COC(=O)CC1(CSC2CCCCC2)CC1. The molecule has 0 atom stereocenters. The first kappa shape index (κ1) is 12.3. The highest BCUT2D eigenvalue weighted by Gasteiger charge is 2.44. The molecule has 2 aliphatic rings. The van der Waals surface area contributed by atoms with E-state index in [1.54, 1.807) is 0 Å². The van der Waals surface area contributed by atoms with Crippen LogP contribution in [0.2, 0.25) is 0 Å². The Balaban J connectivity index is 1.70. The molecule has 0 spiro atoms. The maximum Gasteiger partial charge on any atom is 0.306 e. The van der Waals surface area contributed by atoms with Crippen LogP contribution in [0.25, 0.3) is 0 Å². The number of carbonyl (C=O) groups is 1. The minimum Gasteiger partial charge on any atom is -0.469 e. The molecular formula is C13H22O2S. The average molecular weight is 242 g/mol. The molecule has 2 rings (SSSR count). The van der Waals surface area contributed by atoms with Crippen LogP contribution in [0.15, 0.2) is 0 Å². The van der Waals surface area contributed by atoms with Crippen LogP contribution in [0.5, 0.6) is 0 Å². The number of hydrogen-bond donors (Lipinski definition) is 0. The van der Waals surface area contributed by atoms with Crippen molar-refractivity contribution in [3.63, 3.8) is 0 Å². The Hall–Kier alpha value is -0.180. The second-order valence-corrected chi connectivity index (χ2v) is 6.61. The molecule has 3 heteroatoms. The first-order chi connectivity index (χ1) is 7.74. The van der Waals surface area contributed by atoms with Crippen molar-refractivity contribution in [3.8, 4) is 0 Å². The van der Waals surface area contributed by atoms with Gasteiger partial charge in [-0.3, -0.25) is 4.79 Å². The van der Waals surface area contributed by atoms with Crippen molar-refractivity contribution in [2.45, 2.75) is 56.6 Å². The molecule has 16 heavy (non-hydrogen) atoms. The Kier molecular flexibility index (Phi) is 4.17. The van der Waals surface area contributed by atoms with Crippen LogP contribution < -0.4 is 0 Å². The summed E-state index contributed by atoms with van der Waals surface area (Å²) < 4.78 is 4.77. The van der Waals surface area contributed by atoms with Gasteiger partial charge in [0.1, 0.15) is 0 Å². The topological polar surface area (TPSA) is 26.3 Å². The Bertz CT molecular complexity index is 242. The van der Waals surface area contributed by atoms with Gasteiger partial charge in [0.05, 0.1) is 13.5 Å². The minimum absolute atomic E-state index is 0.0262. The van der Waals surface area contributed by atoms with Crippen molar-refractivity contribution in [2.24, 2.45) is 5.41 Å². The van der Waals surface area contributed by atoms with Crippen molar-refractivity contribution >= 4 is 17.7 Å². The van der Waals surface area contributed by atoms with Gasteiger partial charge in [0.15, 0.2) is 0 Å². The third-order valence-electron chi connectivity index (χ3n) is 3.88. The molecular weight excluding hydrogens is 220 g/mol. The predicted octanol–water partition coefficient (Wildman–Crippen LogP) is 3.40. The number of rotatable bonds is 5. The molecule has 0 bridgehead atoms. The molecule has 0 unspecified atom stereocenters. The van der Waals surface area contributed by atoms with E-state index < -0.39 is 0 Å². The van der Waals surface area contributed by atoms with Crippen molar-refractivity contribution < 1.29 is 9.53 Å². The quantitative estimate of drug-likeness (QED) is 0.691. The highest BCUT2D eigenvalue weighted by atomic mass is 32.2. The standard InChI is InChI=1S/C13H22O2S/c1-15-12(14)9-13(7-8-13)10-16-11-5-3-2-4-6-11/h11H,2-10H2,1H3. The highest BCUT2D eigenvalue weighted by Crippen LogP contribution is 2.52. The number of ether oxygens (including phenoxy) is 1. The molecule has 0 heterocycles. The van der Waals surface area contributed by atoms with Crippen molar-refractivity contribution in [2.75, 3.05) is 12.9 Å². The summed E-state index contributed by atoms with van der Waals surface area (Å²) in [7, 11) is 1.49.